The first-order chi connectivity index (χ1) is 11.0. The summed E-state index contributed by atoms with van der Waals surface area (Å²) in [5, 5.41) is 0. The summed E-state index contributed by atoms with van der Waals surface area (Å²) < 4.78 is 16.1. The van der Waals surface area contributed by atoms with E-state index in [2.05, 4.69) is 0 Å². The molecule has 0 atom stereocenters. The van der Waals surface area contributed by atoms with Crippen molar-refractivity contribution < 1.29 is 19.0 Å². The molecule has 4 nitrogen and oxygen atoms in total. The fourth-order valence-corrected chi connectivity index (χ4v) is 2.41. The van der Waals surface area contributed by atoms with Gasteiger partial charge in [-0.3, -0.25) is 0 Å². The van der Waals surface area contributed by atoms with Gasteiger partial charge in [-0.25, -0.2) is 4.79 Å². The molecule has 0 radical (unpaired) electrons. The Hall–Kier alpha value is -2.49. The summed E-state index contributed by atoms with van der Waals surface area (Å²) in [5.41, 5.74) is 3.47. The van der Waals surface area contributed by atoms with Gasteiger partial charge >= 0.3 is 5.97 Å². The van der Waals surface area contributed by atoms with Crippen molar-refractivity contribution in [1.29, 1.82) is 0 Å². The van der Waals surface area contributed by atoms with Gasteiger partial charge in [-0.05, 0) is 50.6 Å². The number of carbonyl (C=O) groups excluding carboxylic acids is 1. The second-order valence-electron chi connectivity index (χ2n) is 5.40. The van der Waals surface area contributed by atoms with Crippen molar-refractivity contribution in [1.82, 2.24) is 0 Å². The molecule has 122 valence electrons. The molecule has 0 saturated heterocycles. The molecule has 2 aromatic rings. The number of carbonyl (C=O) groups is 1. The van der Waals surface area contributed by atoms with E-state index in [4.69, 9.17) is 14.2 Å². The van der Waals surface area contributed by atoms with Gasteiger partial charge in [0, 0.05) is 6.07 Å². The SMILES string of the molecule is CCOc1cc(COC(=O)c2cc(C)cc(C)c2)cc(OC)c1. The smallest absolute Gasteiger partial charge is 0.338 e. The van der Waals surface area contributed by atoms with E-state index in [1.165, 1.54) is 0 Å². The number of ether oxygens (including phenoxy) is 3. The zero-order valence-electron chi connectivity index (χ0n) is 14.0. The summed E-state index contributed by atoms with van der Waals surface area (Å²) in [7, 11) is 1.59. The summed E-state index contributed by atoms with van der Waals surface area (Å²) in [6.07, 6.45) is 0. The summed E-state index contributed by atoms with van der Waals surface area (Å²) in [6, 6.07) is 11.2. The third kappa shape index (κ3) is 4.74. The van der Waals surface area contributed by atoms with E-state index in [-0.39, 0.29) is 12.6 Å². The van der Waals surface area contributed by atoms with Crippen LogP contribution in [-0.2, 0) is 11.3 Å². The van der Waals surface area contributed by atoms with E-state index < -0.39 is 0 Å². The highest BCUT2D eigenvalue weighted by atomic mass is 16.5. The van der Waals surface area contributed by atoms with Crippen LogP contribution in [-0.4, -0.2) is 19.7 Å². The van der Waals surface area contributed by atoms with E-state index in [1.54, 1.807) is 13.2 Å². The summed E-state index contributed by atoms with van der Waals surface area (Å²) >= 11 is 0. The molecule has 0 N–H and O–H groups in total. The lowest BCUT2D eigenvalue weighted by atomic mass is 10.1. The second-order valence-corrected chi connectivity index (χ2v) is 5.40. The molecular formula is C19H22O4. The summed E-state index contributed by atoms with van der Waals surface area (Å²) in [5.74, 6) is 1.04. The molecule has 0 aromatic heterocycles. The quantitative estimate of drug-likeness (QED) is 0.754. The van der Waals surface area contributed by atoms with Crippen molar-refractivity contribution in [2.45, 2.75) is 27.4 Å². The molecular weight excluding hydrogens is 292 g/mol. The van der Waals surface area contributed by atoms with E-state index >= 15 is 0 Å². The first kappa shape index (κ1) is 16.9. The molecule has 2 rings (SSSR count). The fraction of sp³-hybridized carbons (Fsp3) is 0.316. The molecule has 0 spiro atoms. The Morgan fingerprint density at radius 3 is 2.22 bits per heavy atom. The van der Waals surface area contributed by atoms with Crippen LogP contribution in [0.1, 0.15) is 34.0 Å². The van der Waals surface area contributed by atoms with Gasteiger partial charge in [-0.15, -0.1) is 0 Å². The van der Waals surface area contributed by atoms with Gasteiger partial charge in [0.1, 0.15) is 18.1 Å². The molecule has 0 bridgehead atoms. The van der Waals surface area contributed by atoms with Gasteiger partial charge in [0.15, 0.2) is 0 Å². The third-order valence-corrected chi connectivity index (χ3v) is 3.31. The lowest BCUT2D eigenvalue weighted by Gasteiger charge is -2.11. The zero-order valence-corrected chi connectivity index (χ0v) is 14.0. The lowest BCUT2D eigenvalue weighted by molar-refractivity contribution is 0.0472. The number of hydrogen-bond donors (Lipinski definition) is 0. The Morgan fingerprint density at radius 1 is 0.957 bits per heavy atom. The highest BCUT2D eigenvalue weighted by Crippen LogP contribution is 2.23. The number of methoxy groups -OCH3 is 1. The lowest BCUT2D eigenvalue weighted by Crippen LogP contribution is -2.06. The Kier molecular flexibility index (Phi) is 5.63. The Morgan fingerprint density at radius 2 is 1.61 bits per heavy atom. The molecule has 2 aromatic carbocycles. The van der Waals surface area contributed by atoms with Gasteiger partial charge < -0.3 is 14.2 Å². The van der Waals surface area contributed by atoms with E-state index in [1.807, 2.05) is 51.1 Å². The highest BCUT2D eigenvalue weighted by Gasteiger charge is 2.10. The van der Waals surface area contributed by atoms with Crippen molar-refractivity contribution in [3.8, 4) is 11.5 Å². The van der Waals surface area contributed by atoms with Gasteiger partial charge in [-0.1, -0.05) is 17.2 Å². The molecule has 23 heavy (non-hydrogen) atoms. The van der Waals surface area contributed by atoms with Crippen molar-refractivity contribution in [3.63, 3.8) is 0 Å². The van der Waals surface area contributed by atoms with Crippen LogP contribution in [0.2, 0.25) is 0 Å². The minimum absolute atomic E-state index is 0.170. The van der Waals surface area contributed by atoms with Crippen molar-refractivity contribution in [2.24, 2.45) is 0 Å². The first-order valence-electron chi connectivity index (χ1n) is 7.58. The van der Waals surface area contributed by atoms with Crippen LogP contribution >= 0.6 is 0 Å². The Labute approximate surface area is 137 Å². The van der Waals surface area contributed by atoms with Gasteiger partial charge in [0.25, 0.3) is 0 Å². The maximum atomic E-state index is 12.2. The standard InChI is InChI=1S/C19H22O4/c1-5-22-18-10-15(9-17(11-18)21-4)12-23-19(20)16-7-13(2)6-14(3)8-16/h6-11H,5,12H2,1-4H3. The fourth-order valence-electron chi connectivity index (χ4n) is 2.41. The predicted octanol–water partition coefficient (Wildman–Crippen LogP) is 4.07. The maximum Gasteiger partial charge on any atom is 0.338 e. The number of benzene rings is 2. The molecule has 4 heteroatoms. The average molecular weight is 314 g/mol. The predicted molar refractivity (Wildman–Crippen MR) is 89.2 cm³/mol. The molecule has 0 fully saturated rings. The van der Waals surface area contributed by atoms with E-state index in [0.29, 0.717) is 23.7 Å². The summed E-state index contributed by atoms with van der Waals surface area (Å²) in [4.78, 5) is 12.2. The molecule has 0 aliphatic carbocycles. The van der Waals surface area contributed by atoms with Crippen LogP contribution in [0.15, 0.2) is 36.4 Å². The zero-order chi connectivity index (χ0) is 16.8. The second kappa shape index (κ2) is 7.68. The van der Waals surface area contributed by atoms with Crippen LogP contribution in [0.4, 0.5) is 0 Å². The van der Waals surface area contributed by atoms with Crippen LogP contribution in [0, 0.1) is 13.8 Å². The highest BCUT2D eigenvalue weighted by molar-refractivity contribution is 5.89. The first-order valence-corrected chi connectivity index (χ1v) is 7.58. The number of hydrogen-bond acceptors (Lipinski definition) is 4. The van der Waals surface area contributed by atoms with Crippen LogP contribution in [0.5, 0.6) is 11.5 Å². The molecule has 0 unspecified atom stereocenters. The third-order valence-electron chi connectivity index (χ3n) is 3.31. The molecule has 0 amide bonds. The minimum Gasteiger partial charge on any atom is -0.497 e. The van der Waals surface area contributed by atoms with Gasteiger partial charge in [-0.2, -0.15) is 0 Å². The molecule has 0 aliphatic rings. The van der Waals surface area contributed by atoms with Crippen molar-refractivity contribution in [3.05, 3.63) is 58.7 Å². The van der Waals surface area contributed by atoms with E-state index in [9.17, 15) is 4.79 Å². The van der Waals surface area contributed by atoms with Gasteiger partial charge in [0.2, 0.25) is 0 Å². The Bertz CT molecular complexity index is 672. The van der Waals surface area contributed by atoms with Gasteiger partial charge in [0.05, 0.1) is 19.3 Å². The average Bonchev–Trinajstić information content (AvgIpc) is 2.51. The number of esters is 1. The molecule has 0 heterocycles. The maximum absolute atomic E-state index is 12.2. The van der Waals surface area contributed by atoms with Crippen molar-refractivity contribution >= 4 is 5.97 Å². The molecule has 0 aliphatic heterocycles. The minimum atomic E-state index is -0.336. The van der Waals surface area contributed by atoms with Crippen LogP contribution < -0.4 is 9.47 Å². The normalized spacial score (nSPS) is 10.3. The number of aryl methyl sites for hydroxylation is 2. The topological polar surface area (TPSA) is 44.8 Å². The van der Waals surface area contributed by atoms with Crippen molar-refractivity contribution in [2.75, 3.05) is 13.7 Å². The van der Waals surface area contributed by atoms with Crippen LogP contribution in [0.25, 0.3) is 0 Å². The summed E-state index contributed by atoms with van der Waals surface area (Å²) in [6.45, 7) is 6.57. The molecule has 0 saturated carbocycles. The van der Waals surface area contributed by atoms with Crippen LogP contribution in [0.3, 0.4) is 0 Å². The monoisotopic (exact) mass is 314 g/mol. The number of rotatable bonds is 6. The van der Waals surface area contributed by atoms with E-state index in [0.717, 1.165) is 16.7 Å². The largest absolute Gasteiger partial charge is 0.497 e. The Balaban J connectivity index is 2.10.